The summed E-state index contributed by atoms with van der Waals surface area (Å²) in [7, 11) is 0. The Morgan fingerprint density at radius 2 is 1.94 bits per heavy atom. The van der Waals surface area contributed by atoms with E-state index in [1.54, 1.807) is 12.4 Å². The van der Waals surface area contributed by atoms with Crippen LogP contribution in [-0.2, 0) is 6.54 Å². The molecule has 1 aliphatic rings. The monoisotopic (exact) mass is 322 g/mol. The van der Waals surface area contributed by atoms with Crippen molar-refractivity contribution in [3.63, 3.8) is 0 Å². The quantitative estimate of drug-likeness (QED) is 0.826. The Morgan fingerprint density at radius 1 is 1.28 bits per heavy atom. The predicted molar refractivity (Wildman–Crippen MR) is 66.0 cm³/mol. The van der Waals surface area contributed by atoms with Crippen molar-refractivity contribution in [3.05, 3.63) is 28.5 Å². The molecule has 6 heteroatoms. The van der Waals surface area contributed by atoms with Gasteiger partial charge in [0.2, 0.25) is 0 Å². The van der Waals surface area contributed by atoms with Crippen LogP contribution in [0, 0.1) is 5.92 Å². The van der Waals surface area contributed by atoms with Gasteiger partial charge in [0.05, 0.1) is 5.92 Å². The number of likely N-dealkylation sites (tertiary alicyclic amines) is 1. The molecule has 1 aliphatic heterocycles. The van der Waals surface area contributed by atoms with E-state index >= 15 is 0 Å². The summed E-state index contributed by atoms with van der Waals surface area (Å²) < 4.78 is 38.4. The number of pyridine rings is 1. The molecular weight excluding hydrogens is 309 g/mol. The average Bonchev–Trinajstić information content (AvgIpc) is 2.28. The van der Waals surface area contributed by atoms with Crippen molar-refractivity contribution >= 4 is 15.9 Å². The van der Waals surface area contributed by atoms with Crippen LogP contribution in [0.15, 0.2) is 22.9 Å². The first kappa shape index (κ1) is 13.8. The summed E-state index contributed by atoms with van der Waals surface area (Å²) in [6.07, 6.45) is -0.195. The van der Waals surface area contributed by atoms with Crippen LogP contribution in [0.1, 0.15) is 18.4 Å². The van der Waals surface area contributed by atoms with E-state index in [-0.39, 0.29) is 12.8 Å². The van der Waals surface area contributed by atoms with Crippen LogP contribution in [-0.4, -0.2) is 29.1 Å². The second-order valence-corrected chi connectivity index (χ2v) is 5.52. The van der Waals surface area contributed by atoms with Crippen LogP contribution in [0.2, 0.25) is 0 Å². The summed E-state index contributed by atoms with van der Waals surface area (Å²) in [6.45, 7) is 1.66. The van der Waals surface area contributed by atoms with Gasteiger partial charge in [0.15, 0.2) is 0 Å². The number of hydrogen-bond donors (Lipinski definition) is 0. The molecule has 0 saturated carbocycles. The Kier molecular flexibility index (Phi) is 4.27. The van der Waals surface area contributed by atoms with Gasteiger partial charge in [-0.15, -0.1) is 0 Å². The molecule has 0 bridgehead atoms. The number of halogens is 4. The zero-order valence-corrected chi connectivity index (χ0v) is 11.3. The normalized spacial score (nSPS) is 19.1. The molecule has 100 valence electrons. The van der Waals surface area contributed by atoms with Crippen LogP contribution >= 0.6 is 15.9 Å². The Morgan fingerprint density at radius 3 is 2.50 bits per heavy atom. The van der Waals surface area contributed by atoms with Gasteiger partial charge in [-0.25, -0.2) is 0 Å². The Labute approximate surface area is 112 Å². The van der Waals surface area contributed by atoms with Crippen molar-refractivity contribution in [2.45, 2.75) is 25.6 Å². The van der Waals surface area contributed by atoms with E-state index in [4.69, 9.17) is 0 Å². The predicted octanol–water partition coefficient (Wildman–Crippen LogP) is 3.62. The number of rotatable bonds is 2. The maximum Gasteiger partial charge on any atom is 0.391 e. The molecular formula is C12H14BrF3N2. The highest BCUT2D eigenvalue weighted by Gasteiger charge is 2.40. The van der Waals surface area contributed by atoms with Crippen LogP contribution in [0.3, 0.4) is 0 Å². The maximum absolute atomic E-state index is 12.5. The fraction of sp³-hybridized carbons (Fsp3) is 0.583. The summed E-state index contributed by atoms with van der Waals surface area (Å²) in [6, 6.07) is 1.95. The van der Waals surface area contributed by atoms with Gasteiger partial charge in [0.1, 0.15) is 0 Å². The van der Waals surface area contributed by atoms with Crippen LogP contribution < -0.4 is 0 Å². The van der Waals surface area contributed by atoms with Gasteiger partial charge >= 0.3 is 6.18 Å². The van der Waals surface area contributed by atoms with Crippen LogP contribution in [0.5, 0.6) is 0 Å². The van der Waals surface area contributed by atoms with Crippen molar-refractivity contribution in [1.29, 1.82) is 0 Å². The number of piperidine rings is 1. The fourth-order valence-electron chi connectivity index (χ4n) is 2.22. The molecule has 0 amide bonds. The first-order chi connectivity index (χ1) is 8.45. The molecule has 1 aromatic rings. The number of aromatic nitrogens is 1. The van der Waals surface area contributed by atoms with Gasteiger partial charge in [-0.2, -0.15) is 13.2 Å². The van der Waals surface area contributed by atoms with Gasteiger partial charge in [-0.3, -0.25) is 9.88 Å². The van der Waals surface area contributed by atoms with Gasteiger partial charge in [-0.05, 0) is 53.5 Å². The van der Waals surface area contributed by atoms with Gasteiger partial charge in [0.25, 0.3) is 0 Å². The molecule has 2 rings (SSSR count). The fourth-order valence-corrected chi connectivity index (χ4v) is 2.63. The first-order valence-electron chi connectivity index (χ1n) is 5.83. The van der Waals surface area contributed by atoms with Crippen LogP contribution in [0.4, 0.5) is 13.2 Å². The minimum Gasteiger partial charge on any atom is -0.299 e. The Bertz CT molecular complexity index is 401. The summed E-state index contributed by atoms with van der Waals surface area (Å²) in [5, 5.41) is 0. The van der Waals surface area contributed by atoms with E-state index in [2.05, 4.69) is 20.9 Å². The molecule has 18 heavy (non-hydrogen) atoms. The van der Waals surface area contributed by atoms with Gasteiger partial charge < -0.3 is 0 Å². The number of alkyl halides is 3. The number of hydrogen-bond acceptors (Lipinski definition) is 2. The molecule has 0 aromatic carbocycles. The minimum absolute atomic E-state index is 0.199. The van der Waals surface area contributed by atoms with E-state index in [9.17, 15) is 13.2 Å². The van der Waals surface area contributed by atoms with E-state index in [0.29, 0.717) is 19.6 Å². The highest BCUT2D eigenvalue weighted by atomic mass is 79.9. The second kappa shape index (κ2) is 5.57. The molecule has 0 aliphatic carbocycles. The van der Waals surface area contributed by atoms with E-state index in [1.807, 2.05) is 11.0 Å². The Hall–Kier alpha value is -0.620. The highest BCUT2D eigenvalue weighted by Crippen LogP contribution is 2.34. The summed E-state index contributed by atoms with van der Waals surface area (Å²) >= 11 is 3.33. The second-order valence-electron chi connectivity index (χ2n) is 4.60. The SMILES string of the molecule is FC(F)(F)C1CCN(Cc2cncc(Br)c2)CC1. The smallest absolute Gasteiger partial charge is 0.299 e. The molecule has 0 radical (unpaired) electrons. The third kappa shape index (κ3) is 3.68. The van der Waals surface area contributed by atoms with Crippen molar-refractivity contribution in [1.82, 2.24) is 9.88 Å². The lowest BCUT2D eigenvalue weighted by molar-refractivity contribution is -0.185. The molecule has 0 N–H and O–H groups in total. The summed E-state index contributed by atoms with van der Waals surface area (Å²) in [5.41, 5.74) is 1.02. The standard InChI is InChI=1S/C12H14BrF3N2/c13-11-5-9(6-17-7-11)8-18-3-1-10(2-4-18)12(14,15)16/h5-7,10H,1-4,8H2. The molecule has 0 spiro atoms. The summed E-state index contributed by atoms with van der Waals surface area (Å²) in [5.74, 6) is -1.13. The van der Waals surface area contributed by atoms with Gasteiger partial charge in [0, 0.05) is 23.4 Å². The largest absolute Gasteiger partial charge is 0.391 e. The van der Waals surface area contributed by atoms with E-state index in [1.165, 1.54) is 0 Å². The van der Waals surface area contributed by atoms with Gasteiger partial charge in [-0.1, -0.05) is 0 Å². The van der Waals surface area contributed by atoms with E-state index in [0.717, 1.165) is 10.0 Å². The lowest BCUT2D eigenvalue weighted by Crippen LogP contribution is -2.38. The average molecular weight is 323 g/mol. The van der Waals surface area contributed by atoms with Crippen molar-refractivity contribution in [2.24, 2.45) is 5.92 Å². The topological polar surface area (TPSA) is 16.1 Å². The molecule has 2 heterocycles. The highest BCUT2D eigenvalue weighted by molar-refractivity contribution is 9.10. The maximum atomic E-state index is 12.5. The minimum atomic E-state index is -4.04. The Balaban J connectivity index is 1.87. The first-order valence-corrected chi connectivity index (χ1v) is 6.63. The van der Waals surface area contributed by atoms with Crippen molar-refractivity contribution < 1.29 is 13.2 Å². The van der Waals surface area contributed by atoms with Crippen molar-refractivity contribution in [2.75, 3.05) is 13.1 Å². The van der Waals surface area contributed by atoms with Crippen molar-refractivity contribution in [3.8, 4) is 0 Å². The molecule has 1 fully saturated rings. The molecule has 2 nitrogen and oxygen atoms in total. The lowest BCUT2D eigenvalue weighted by atomic mass is 9.96. The molecule has 1 saturated heterocycles. The zero-order chi connectivity index (χ0) is 13.2. The third-order valence-corrected chi connectivity index (χ3v) is 3.65. The molecule has 1 aromatic heterocycles. The third-order valence-electron chi connectivity index (χ3n) is 3.22. The summed E-state index contributed by atoms with van der Waals surface area (Å²) in [4.78, 5) is 6.10. The molecule has 0 atom stereocenters. The zero-order valence-electron chi connectivity index (χ0n) is 9.75. The van der Waals surface area contributed by atoms with E-state index < -0.39 is 12.1 Å². The molecule has 0 unspecified atom stereocenters. The lowest BCUT2D eigenvalue weighted by Gasteiger charge is -2.32. The number of nitrogens with zero attached hydrogens (tertiary/aromatic N) is 2. The van der Waals surface area contributed by atoms with Crippen LogP contribution in [0.25, 0.3) is 0 Å².